The van der Waals surface area contributed by atoms with Crippen molar-refractivity contribution in [3.05, 3.63) is 29.6 Å². The van der Waals surface area contributed by atoms with Gasteiger partial charge in [-0.1, -0.05) is 6.07 Å². The number of anilines is 1. The lowest BCUT2D eigenvalue weighted by Crippen LogP contribution is -2.21. The van der Waals surface area contributed by atoms with Gasteiger partial charge in [-0.3, -0.25) is 0 Å². The molecule has 0 aromatic heterocycles. The molecule has 0 saturated carbocycles. The molecule has 100 valence electrons. The lowest BCUT2D eigenvalue weighted by Gasteiger charge is -2.20. The molecule has 0 spiro atoms. The lowest BCUT2D eigenvalue weighted by atomic mass is 10.1. The van der Waals surface area contributed by atoms with Gasteiger partial charge in [0.05, 0.1) is 5.69 Å². The highest BCUT2D eigenvalue weighted by Crippen LogP contribution is 2.28. The Bertz CT molecular complexity index is 397. The number of nitrogens with one attached hydrogen (secondary N) is 1. The first-order chi connectivity index (χ1) is 8.74. The zero-order chi connectivity index (χ0) is 13.0. The van der Waals surface area contributed by atoms with Crippen molar-refractivity contribution in [2.24, 2.45) is 5.92 Å². The summed E-state index contributed by atoms with van der Waals surface area (Å²) in [7, 11) is 1.85. The zero-order valence-corrected chi connectivity index (χ0v) is 10.8. The Morgan fingerprint density at radius 1 is 1.50 bits per heavy atom. The molecule has 1 aliphatic heterocycles. The molecule has 2 N–H and O–H groups in total. The first kappa shape index (κ1) is 13.3. The number of nitrogens with zero attached hydrogens (tertiary/aromatic N) is 1. The summed E-state index contributed by atoms with van der Waals surface area (Å²) in [6.07, 6.45) is 1.86. The van der Waals surface area contributed by atoms with Crippen molar-refractivity contribution in [2.75, 3.05) is 31.6 Å². The maximum Gasteiger partial charge on any atom is 0.146 e. The van der Waals surface area contributed by atoms with Crippen LogP contribution in [0.25, 0.3) is 0 Å². The van der Waals surface area contributed by atoms with E-state index in [2.05, 4.69) is 10.2 Å². The van der Waals surface area contributed by atoms with E-state index in [0.717, 1.165) is 31.5 Å². The Morgan fingerprint density at radius 2 is 2.33 bits per heavy atom. The Balaban J connectivity index is 2.05. The number of halogens is 1. The van der Waals surface area contributed by atoms with Gasteiger partial charge in [0, 0.05) is 26.2 Å². The molecule has 1 atom stereocenters. The van der Waals surface area contributed by atoms with Gasteiger partial charge in [0.1, 0.15) is 5.82 Å². The Morgan fingerprint density at radius 3 is 3.00 bits per heavy atom. The normalized spacial score (nSPS) is 19.5. The van der Waals surface area contributed by atoms with Crippen LogP contribution in [-0.2, 0) is 6.54 Å². The second kappa shape index (κ2) is 6.16. The molecular formula is C14H21FN2O. The molecule has 4 heteroatoms. The van der Waals surface area contributed by atoms with Crippen LogP contribution in [0.4, 0.5) is 10.1 Å². The van der Waals surface area contributed by atoms with Crippen molar-refractivity contribution in [3.63, 3.8) is 0 Å². The molecule has 1 fully saturated rings. The summed E-state index contributed by atoms with van der Waals surface area (Å²) in [5, 5.41) is 11.9. The minimum atomic E-state index is -0.146. The standard InChI is InChI=1S/C14H21FN2O/c1-16-9-12-2-3-14(13(15)8-12)17-6-4-11(10-17)5-7-18/h2-3,8,11,16,18H,4-7,9-10H2,1H3. The molecule has 0 radical (unpaired) electrons. The van der Waals surface area contributed by atoms with Crippen molar-refractivity contribution >= 4 is 5.69 Å². The van der Waals surface area contributed by atoms with Crippen LogP contribution in [0.2, 0.25) is 0 Å². The van der Waals surface area contributed by atoms with E-state index in [1.165, 1.54) is 0 Å². The fourth-order valence-electron chi connectivity index (χ4n) is 2.59. The molecule has 2 rings (SSSR count). The predicted octanol–water partition coefficient (Wildman–Crippen LogP) is 1.75. The number of aliphatic hydroxyl groups is 1. The van der Waals surface area contributed by atoms with E-state index in [1.54, 1.807) is 6.07 Å². The van der Waals surface area contributed by atoms with Crippen molar-refractivity contribution in [1.82, 2.24) is 5.32 Å². The van der Waals surface area contributed by atoms with Crippen LogP contribution >= 0.6 is 0 Å². The molecule has 1 saturated heterocycles. The highest BCUT2D eigenvalue weighted by molar-refractivity contribution is 5.50. The van der Waals surface area contributed by atoms with Gasteiger partial charge in [-0.15, -0.1) is 0 Å². The first-order valence-corrected chi connectivity index (χ1v) is 6.53. The van der Waals surface area contributed by atoms with E-state index < -0.39 is 0 Å². The first-order valence-electron chi connectivity index (χ1n) is 6.53. The van der Waals surface area contributed by atoms with Gasteiger partial charge < -0.3 is 15.3 Å². The lowest BCUT2D eigenvalue weighted by molar-refractivity contribution is 0.263. The summed E-state index contributed by atoms with van der Waals surface area (Å²) < 4.78 is 14.0. The minimum Gasteiger partial charge on any atom is -0.396 e. The largest absolute Gasteiger partial charge is 0.396 e. The minimum absolute atomic E-state index is 0.146. The van der Waals surface area contributed by atoms with E-state index in [0.29, 0.717) is 18.2 Å². The summed E-state index contributed by atoms with van der Waals surface area (Å²) in [4.78, 5) is 2.08. The summed E-state index contributed by atoms with van der Waals surface area (Å²) in [5.74, 6) is 0.346. The van der Waals surface area contributed by atoms with Crippen LogP contribution in [0.5, 0.6) is 0 Å². The third-order valence-electron chi connectivity index (χ3n) is 3.56. The summed E-state index contributed by atoms with van der Waals surface area (Å²) in [6.45, 7) is 2.64. The van der Waals surface area contributed by atoms with Crippen molar-refractivity contribution < 1.29 is 9.50 Å². The molecule has 0 amide bonds. The Hall–Kier alpha value is -1.13. The van der Waals surface area contributed by atoms with Gasteiger partial charge >= 0.3 is 0 Å². The molecule has 1 aliphatic rings. The van der Waals surface area contributed by atoms with Gasteiger partial charge in [-0.25, -0.2) is 4.39 Å². The van der Waals surface area contributed by atoms with E-state index in [-0.39, 0.29) is 12.4 Å². The highest BCUT2D eigenvalue weighted by atomic mass is 19.1. The van der Waals surface area contributed by atoms with Gasteiger partial charge in [0.25, 0.3) is 0 Å². The van der Waals surface area contributed by atoms with Crippen LogP contribution in [0.3, 0.4) is 0 Å². The van der Waals surface area contributed by atoms with Crippen LogP contribution in [0, 0.1) is 11.7 Å². The van der Waals surface area contributed by atoms with Gasteiger partial charge in [-0.05, 0) is 43.5 Å². The predicted molar refractivity (Wildman–Crippen MR) is 71.2 cm³/mol. The monoisotopic (exact) mass is 252 g/mol. The van der Waals surface area contributed by atoms with E-state index in [1.807, 2.05) is 19.2 Å². The average Bonchev–Trinajstić information content (AvgIpc) is 2.78. The van der Waals surface area contributed by atoms with E-state index in [4.69, 9.17) is 5.11 Å². The van der Waals surface area contributed by atoms with Gasteiger partial charge in [0.2, 0.25) is 0 Å². The van der Waals surface area contributed by atoms with Crippen LogP contribution < -0.4 is 10.2 Å². The van der Waals surface area contributed by atoms with Crippen molar-refractivity contribution in [1.29, 1.82) is 0 Å². The Labute approximate surface area is 108 Å². The highest BCUT2D eigenvalue weighted by Gasteiger charge is 2.23. The second-order valence-electron chi connectivity index (χ2n) is 4.93. The molecule has 1 aromatic carbocycles. The fourth-order valence-corrected chi connectivity index (χ4v) is 2.59. The molecule has 1 heterocycles. The summed E-state index contributed by atoms with van der Waals surface area (Å²) in [5.41, 5.74) is 1.65. The number of benzene rings is 1. The van der Waals surface area contributed by atoms with Gasteiger partial charge in [-0.2, -0.15) is 0 Å². The van der Waals surface area contributed by atoms with Crippen molar-refractivity contribution in [2.45, 2.75) is 19.4 Å². The smallest absolute Gasteiger partial charge is 0.146 e. The summed E-state index contributed by atoms with van der Waals surface area (Å²) >= 11 is 0. The van der Waals surface area contributed by atoms with Crippen LogP contribution in [-0.4, -0.2) is 31.9 Å². The third kappa shape index (κ3) is 3.00. The molecule has 1 unspecified atom stereocenters. The van der Waals surface area contributed by atoms with Crippen molar-refractivity contribution in [3.8, 4) is 0 Å². The van der Waals surface area contributed by atoms with E-state index in [9.17, 15) is 4.39 Å². The molecule has 0 aliphatic carbocycles. The molecular weight excluding hydrogens is 231 g/mol. The average molecular weight is 252 g/mol. The van der Waals surface area contributed by atoms with Gasteiger partial charge in [0.15, 0.2) is 0 Å². The molecule has 18 heavy (non-hydrogen) atoms. The fraction of sp³-hybridized carbons (Fsp3) is 0.571. The quantitative estimate of drug-likeness (QED) is 0.838. The number of aliphatic hydroxyl groups excluding tert-OH is 1. The zero-order valence-electron chi connectivity index (χ0n) is 10.8. The topological polar surface area (TPSA) is 35.5 Å². The van der Waals surface area contributed by atoms with E-state index >= 15 is 0 Å². The number of hydrogen-bond donors (Lipinski definition) is 2. The third-order valence-corrected chi connectivity index (χ3v) is 3.56. The molecule has 1 aromatic rings. The van der Waals surface area contributed by atoms with Crippen LogP contribution in [0.15, 0.2) is 18.2 Å². The molecule has 3 nitrogen and oxygen atoms in total. The Kier molecular flexibility index (Phi) is 4.55. The maximum absolute atomic E-state index is 14.0. The number of hydrogen-bond acceptors (Lipinski definition) is 3. The van der Waals surface area contributed by atoms with Crippen LogP contribution in [0.1, 0.15) is 18.4 Å². The number of rotatable bonds is 5. The maximum atomic E-state index is 14.0. The SMILES string of the molecule is CNCc1ccc(N2CCC(CCO)C2)c(F)c1. The summed E-state index contributed by atoms with van der Waals surface area (Å²) in [6, 6.07) is 5.43. The molecule has 0 bridgehead atoms. The second-order valence-corrected chi connectivity index (χ2v) is 4.93.